The van der Waals surface area contributed by atoms with Crippen LogP contribution in [0.4, 0.5) is 0 Å². The van der Waals surface area contributed by atoms with Crippen LogP contribution in [0.2, 0.25) is 0 Å². The molecular weight excluding hydrogens is 465 g/mol. The van der Waals surface area contributed by atoms with E-state index in [-0.39, 0.29) is 54.4 Å². The fourth-order valence-corrected chi connectivity index (χ4v) is 3.47. The Labute approximate surface area is 176 Å². The Hall–Kier alpha value is -1.36. The minimum Gasteiger partial charge on any atom is -0.350 e. The third-order valence-corrected chi connectivity index (χ3v) is 4.74. The average Bonchev–Trinajstić information content (AvgIpc) is 3.00. The van der Waals surface area contributed by atoms with Gasteiger partial charge in [0.15, 0.2) is 5.96 Å². The summed E-state index contributed by atoms with van der Waals surface area (Å²) in [7, 11) is 1.61. The number of rotatable bonds is 4. The number of guanidine groups is 1. The first kappa shape index (κ1) is 22.7. The molecule has 1 aromatic rings. The average molecular weight is 493 g/mol. The second kappa shape index (κ2) is 10.1. The summed E-state index contributed by atoms with van der Waals surface area (Å²) >= 11 is 1.75. The van der Waals surface area contributed by atoms with E-state index in [1.807, 2.05) is 25.7 Å². The molecule has 9 heteroatoms. The topological polar surface area (TPSA) is 85.8 Å². The van der Waals surface area contributed by atoms with Gasteiger partial charge in [-0.25, -0.2) is 0 Å². The Bertz CT molecular complexity index is 654. The second-order valence-corrected chi connectivity index (χ2v) is 8.01. The zero-order chi connectivity index (χ0) is 18.4. The first-order chi connectivity index (χ1) is 11.8. The van der Waals surface area contributed by atoms with Gasteiger partial charge in [-0.1, -0.05) is 0 Å². The lowest BCUT2D eigenvalue weighted by molar-refractivity contribution is -0.130. The smallest absolute Gasteiger partial charge is 0.242 e. The van der Waals surface area contributed by atoms with Crippen LogP contribution in [0, 0.1) is 0 Å². The van der Waals surface area contributed by atoms with E-state index in [1.165, 1.54) is 10.4 Å². The molecular formula is C17H28IN5O2S. The van der Waals surface area contributed by atoms with Gasteiger partial charge in [-0.2, -0.15) is 0 Å². The fourth-order valence-electron chi connectivity index (χ4n) is 2.58. The lowest BCUT2D eigenvalue weighted by Crippen LogP contribution is -2.50. The highest BCUT2D eigenvalue weighted by Crippen LogP contribution is 2.23. The predicted octanol–water partition coefficient (Wildman–Crippen LogP) is 1.33. The number of hydrogen-bond donors (Lipinski definition) is 3. The molecule has 1 aromatic heterocycles. The van der Waals surface area contributed by atoms with E-state index in [4.69, 9.17) is 0 Å². The van der Waals surface area contributed by atoms with E-state index in [0.717, 1.165) is 13.0 Å². The van der Waals surface area contributed by atoms with E-state index < -0.39 is 0 Å². The van der Waals surface area contributed by atoms with Gasteiger partial charge in [-0.3, -0.25) is 14.6 Å². The number of halogens is 1. The maximum atomic E-state index is 12.4. The van der Waals surface area contributed by atoms with Crippen molar-refractivity contribution in [2.45, 2.75) is 39.3 Å². The van der Waals surface area contributed by atoms with Crippen LogP contribution in [-0.2, 0) is 22.6 Å². The molecule has 0 bridgehead atoms. The van der Waals surface area contributed by atoms with Crippen molar-refractivity contribution in [3.05, 3.63) is 21.9 Å². The van der Waals surface area contributed by atoms with Gasteiger partial charge in [-0.15, -0.1) is 35.3 Å². The number of fused-ring (bicyclic) bond motifs is 1. The van der Waals surface area contributed by atoms with Crippen LogP contribution in [0.3, 0.4) is 0 Å². The monoisotopic (exact) mass is 493 g/mol. The van der Waals surface area contributed by atoms with Gasteiger partial charge < -0.3 is 20.9 Å². The number of hydrogen-bond acceptors (Lipinski definition) is 4. The number of aliphatic imine (C=N–C) groups is 1. The number of nitrogens with one attached hydrogen (secondary N) is 3. The molecule has 146 valence electrons. The molecule has 1 aliphatic heterocycles. The fraction of sp³-hybridized carbons (Fsp3) is 0.588. The number of carbonyl (C=O) groups excluding carboxylic acids is 2. The van der Waals surface area contributed by atoms with E-state index in [0.29, 0.717) is 12.5 Å². The Kier molecular flexibility index (Phi) is 8.81. The Morgan fingerprint density at radius 2 is 1.96 bits per heavy atom. The zero-order valence-corrected chi connectivity index (χ0v) is 18.9. The number of nitrogens with zero attached hydrogens (tertiary/aromatic N) is 2. The molecule has 2 amide bonds. The summed E-state index contributed by atoms with van der Waals surface area (Å²) in [5.41, 5.74) is 0.964. The van der Waals surface area contributed by atoms with Crippen molar-refractivity contribution in [2.24, 2.45) is 4.99 Å². The van der Waals surface area contributed by atoms with Gasteiger partial charge in [0.25, 0.3) is 0 Å². The molecule has 0 saturated carbocycles. The molecule has 0 aromatic carbocycles. The molecule has 7 nitrogen and oxygen atoms in total. The Morgan fingerprint density at radius 1 is 1.27 bits per heavy atom. The van der Waals surface area contributed by atoms with E-state index in [2.05, 4.69) is 32.4 Å². The minimum absolute atomic E-state index is 0. The van der Waals surface area contributed by atoms with Gasteiger partial charge >= 0.3 is 0 Å². The highest BCUT2D eigenvalue weighted by Gasteiger charge is 2.21. The number of thiophene rings is 1. The van der Waals surface area contributed by atoms with Crippen molar-refractivity contribution in [1.82, 2.24) is 20.9 Å². The SMILES string of the molecule is CN=C(NCC(=O)NC(C)(C)C)NCC(=O)N1CCc2sccc2C1.I. The van der Waals surface area contributed by atoms with Crippen LogP contribution in [0.25, 0.3) is 0 Å². The number of carbonyl (C=O) groups is 2. The van der Waals surface area contributed by atoms with Crippen LogP contribution in [0.15, 0.2) is 16.4 Å². The first-order valence-corrected chi connectivity index (χ1v) is 9.25. The summed E-state index contributed by atoms with van der Waals surface area (Å²) in [4.78, 5) is 31.5. The third-order valence-electron chi connectivity index (χ3n) is 3.72. The van der Waals surface area contributed by atoms with Crippen molar-refractivity contribution >= 4 is 53.1 Å². The molecule has 0 unspecified atom stereocenters. The molecule has 0 saturated heterocycles. The van der Waals surface area contributed by atoms with Gasteiger partial charge in [0.2, 0.25) is 11.8 Å². The van der Waals surface area contributed by atoms with Crippen LogP contribution in [-0.4, -0.2) is 54.9 Å². The first-order valence-electron chi connectivity index (χ1n) is 8.37. The van der Waals surface area contributed by atoms with E-state index in [1.54, 1.807) is 18.4 Å². The van der Waals surface area contributed by atoms with Crippen LogP contribution < -0.4 is 16.0 Å². The van der Waals surface area contributed by atoms with Gasteiger partial charge in [0.05, 0.1) is 13.1 Å². The predicted molar refractivity (Wildman–Crippen MR) is 116 cm³/mol. The van der Waals surface area contributed by atoms with Crippen LogP contribution in [0.5, 0.6) is 0 Å². The van der Waals surface area contributed by atoms with E-state index in [9.17, 15) is 9.59 Å². The van der Waals surface area contributed by atoms with E-state index >= 15 is 0 Å². The summed E-state index contributed by atoms with van der Waals surface area (Å²) in [6.45, 7) is 7.44. The van der Waals surface area contributed by atoms with Crippen LogP contribution >= 0.6 is 35.3 Å². The maximum Gasteiger partial charge on any atom is 0.242 e. The summed E-state index contributed by atoms with van der Waals surface area (Å²) in [5.74, 6) is 0.340. The van der Waals surface area contributed by atoms with Crippen molar-refractivity contribution in [2.75, 3.05) is 26.7 Å². The van der Waals surface area contributed by atoms with Crippen molar-refractivity contribution in [1.29, 1.82) is 0 Å². The van der Waals surface area contributed by atoms with Crippen LogP contribution in [0.1, 0.15) is 31.2 Å². The van der Waals surface area contributed by atoms with Crippen molar-refractivity contribution in [3.8, 4) is 0 Å². The molecule has 0 radical (unpaired) electrons. The summed E-state index contributed by atoms with van der Waals surface area (Å²) in [5, 5.41) is 10.8. The summed E-state index contributed by atoms with van der Waals surface area (Å²) in [6, 6.07) is 2.08. The zero-order valence-electron chi connectivity index (χ0n) is 15.7. The Balaban J connectivity index is 0.00000338. The lowest BCUT2D eigenvalue weighted by atomic mass is 10.1. The molecule has 2 heterocycles. The lowest BCUT2D eigenvalue weighted by Gasteiger charge is -2.27. The molecule has 0 spiro atoms. The largest absolute Gasteiger partial charge is 0.350 e. The maximum absolute atomic E-state index is 12.4. The summed E-state index contributed by atoms with van der Waals surface area (Å²) < 4.78 is 0. The van der Waals surface area contributed by atoms with Gasteiger partial charge in [-0.05, 0) is 44.2 Å². The van der Waals surface area contributed by atoms with Gasteiger partial charge in [0.1, 0.15) is 0 Å². The molecule has 2 rings (SSSR count). The molecule has 26 heavy (non-hydrogen) atoms. The van der Waals surface area contributed by atoms with Crippen molar-refractivity contribution in [3.63, 3.8) is 0 Å². The molecule has 0 atom stereocenters. The standard InChI is InChI=1S/C17H27N5O2S.HI/c1-17(2,3)21-14(23)9-19-16(18-4)20-10-15(24)22-7-5-13-12(11-22)6-8-25-13;/h6,8H,5,7,9-11H2,1-4H3,(H,21,23)(H2,18,19,20);1H. The Morgan fingerprint density at radius 3 is 2.62 bits per heavy atom. The third kappa shape index (κ3) is 7.10. The minimum atomic E-state index is -0.277. The molecule has 0 aliphatic carbocycles. The number of amides is 2. The quantitative estimate of drug-likeness (QED) is 0.336. The van der Waals surface area contributed by atoms with Crippen molar-refractivity contribution < 1.29 is 9.59 Å². The molecule has 0 fully saturated rings. The highest BCUT2D eigenvalue weighted by atomic mass is 127. The highest BCUT2D eigenvalue weighted by molar-refractivity contribution is 14.0. The second-order valence-electron chi connectivity index (χ2n) is 7.01. The summed E-state index contributed by atoms with van der Waals surface area (Å²) in [6.07, 6.45) is 0.915. The normalized spacial score (nSPS) is 14.2. The molecule has 3 N–H and O–H groups in total. The van der Waals surface area contributed by atoms with Gasteiger partial charge in [0, 0.05) is 30.6 Å². The molecule has 1 aliphatic rings.